The Morgan fingerprint density at radius 2 is 1.63 bits per heavy atom. The molecule has 0 atom stereocenters. The quantitative estimate of drug-likeness (QED) is 0.537. The lowest BCUT2D eigenvalue weighted by atomic mass is 10.0. The largest absolute Gasteiger partial charge is 0.490 e. The monoisotopic (exact) mass is 419 g/mol. The van der Waals surface area contributed by atoms with Gasteiger partial charge < -0.3 is 16.2 Å². The SMILES string of the molecule is CC(C)(N)CCNc1cc(-c2ccccc2)nc2ccccc12.O=C(O)C(F)(F)F. The highest BCUT2D eigenvalue weighted by Crippen LogP contribution is 2.28. The first-order chi connectivity index (χ1) is 14.0. The molecule has 0 spiro atoms. The van der Waals surface area contributed by atoms with Crippen LogP contribution >= 0.6 is 0 Å². The van der Waals surface area contributed by atoms with E-state index in [1.807, 2.05) is 30.3 Å². The Morgan fingerprint density at radius 3 is 2.20 bits per heavy atom. The molecule has 30 heavy (non-hydrogen) atoms. The van der Waals surface area contributed by atoms with E-state index in [1.54, 1.807) is 0 Å². The second-order valence-corrected chi connectivity index (χ2v) is 7.41. The number of halogens is 3. The average Bonchev–Trinajstić information content (AvgIpc) is 2.67. The maximum Gasteiger partial charge on any atom is 0.490 e. The van der Waals surface area contributed by atoms with Crippen LogP contribution in [0.3, 0.4) is 0 Å². The van der Waals surface area contributed by atoms with Crippen molar-refractivity contribution in [2.45, 2.75) is 32.0 Å². The molecule has 160 valence electrons. The molecule has 0 aliphatic heterocycles. The van der Waals surface area contributed by atoms with E-state index in [2.05, 4.69) is 49.5 Å². The number of nitrogens with two attached hydrogens (primary N) is 1. The number of hydrogen-bond donors (Lipinski definition) is 3. The van der Waals surface area contributed by atoms with Gasteiger partial charge in [0.05, 0.1) is 11.2 Å². The second kappa shape index (κ2) is 9.58. The molecule has 0 radical (unpaired) electrons. The molecule has 0 aliphatic rings. The van der Waals surface area contributed by atoms with Crippen molar-refractivity contribution in [1.82, 2.24) is 4.98 Å². The Bertz CT molecular complexity index is 984. The number of carboxylic acids is 1. The number of fused-ring (bicyclic) bond motifs is 1. The van der Waals surface area contributed by atoms with Gasteiger partial charge in [-0.3, -0.25) is 0 Å². The Morgan fingerprint density at radius 1 is 1.07 bits per heavy atom. The van der Waals surface area contributed by atoms with E-state index in [-0.39, 0.29) is 5.54 Å². The number of carboxylic acid groups (broad SMARTS) is 1. The third kappa shape index (κ3) is 7.04. The van der Waals surface area contributed by atoms with E-state index in [9.17, 15) is 13.2 Å². The number of carbonyl (C=O) groups is 1. The lowest BCUT2D eigenvalue weighted by molar-refractivity contribution is -0.192. The Kier molecular flexibility index (Phi) is 7.39. The van der Waals surface area contributed by atoms with Crippen LogP contribution < -0.4 is 11.1 Å². The van der Waals surface area contributed by atoms with Crippen molar-refractivity contribution in [1.29, 1.82) is 0 Å². The predicted octanol–water partition coefficient (Wildman–Crippen LogP) is 5.07. The number of para-hydroxylation sites is 1. The van der Waals surface area contributed by atoms with Crippen LogP contribution in [0.25, 0.3) is 22.2 Å². The van der Waals surface area contributed by atoms with Crippen molar-refractivity contribution < 1.29 is 23.1 Å². The highest BCUT2D eigenvalue weighted by molar-refractivity contribution is 5.93. The smallest absolute Gasteiger partial charge is 0.475 e. The molecule has 4 N–H and O–H groups in total. The molecule has 0 saturated heterocycles. The number of aromatic nitrogens is 1. The zero-order valence-electron chi connectivity index (χ0n) is 16.7. The number of nitrogens with one attached hydrogen (secondary N) is 1. The third-order valence-corrected chi connectivity index (χ3v) is 4.11. The average molecular weight is 419 g/mol. The highest BCUT2D eigenvalue weighted by atomic mass is 19.4. The molecule has 5 nitrogen and oxygen atoms in total. The summed E-state index contributed by atoms with van der Waals surface area (Å²) in [7, 11) is 0. The molecule has 0 aliphatic carbocycles. The first kappa shape index (κ1) is 23.2. The molecule has 3 rings (SSSR count). The maximum atomic E-state index is 10.6. The van der Waals surface area contributed by atoms with Gasteiger partial charge in [0, 0.05) is 28.7 Å². The van der Waals surface area contributed by atoms with Crippen LogP contribution in [0.2, 0.25) is 0 Å². The summed E-state index contributed by atoms with van der Waals surface area (Å²) in [6.07, 6.45) is -4.18. The Hall–Kier alpha value is -3.13. The van der Waals surface area contributed by atoms with Crippen molar-refractivity contribution in [2.75, 3.05) is 11.9 Å². The molecule has 1 heterocycles. The summed E-state index contributed by atoms with van der Waals surface area (Å²) in [5, 5.41) is 11.8. The van der Waals surface area contributed by atoms with Gasteiger partial charge in [-0.1, -0.05) is 48.5 Å². The Balaban J connectivity index is 0.000000396. The summed E-state index contributed by atoms with van der Waals surface area (Å²) >= 11 is 0. The lowest BCUT2D eigenvalue weighted by Crippen LogP contribution is -2.34. The molecular weight excluding hydrogens is 395 g/mol. The molecule has 0 unspecified atom stereocenters. The molecule has 1 aromatic heterocycles. The van der Waals surface area contributed by atoms with Gasteiger partial charge in [-0.15, -0.1) is 0 Å². The van der Waals surface area contributed by atoms with Crippen LogP contribution in [0.1, 0.15) is 20.3 Å². The number of pyridine rings is 1. The molecule has 0 fully saturated rings. The number of anilines is 1. The van der Waals surface area contributed by atoms with Crippen LogP contribution in [0.4, 0.5) is 18.9 Å². The van der Waals surface area contributed by atoms with Gasteiger partial charge in [0.1, 0.15) is 0 Å². The summed E-state index contributed by atoms with van der Waals surface area (Å²) in [6.45, 7) is 4.94. The van der Waals surface area contributed by atoms with E-state index >= 15 is 0 Å². The van der Waals surface area contributed by atoms with Gasteiger partial charge in [-0.25, -0.2) is 9.78 Å². The topological polar surface area (TPSA) is 88.2 Å². The minimum absolute atomic E-state index is 0.169. The second-order valence-electron chi connectivity index (χ2n) is 7.41. The summed E-state index contributed by atoms with van der Waals surface area (Å²) in [6, 6.07) is 20.6. The molecule has 0 bridgehead atoms. The van der Waals surface area contributed by atoms with Crippen molar-refractivity contribution in [3.05, 3.63) is 60.7 Å². The molecule has 0 amide bonds. The summed E-state index contributed by atoms with van der Waals surface area (Å²) < 4.78 is 31.7. The van der Waals surface area contributed by atoms with E-state index < -0.39 is 12.1 Å². The van der Waals surface area contributed by atoms with Crippen molar-refractivity contribution in [3.8, 4) is 11.3 Å². The number of benzene rings is 2. The fraction of sp³-hybridized carbons (Fsp3) is 0.273. The number of alkyl halides is 3. The van der Waals surface area contributed by atoms with Gasteiger partial charge in [0.15, 0.2) is 0 Å². The van der Waals surface area contributed by atoms with E-state index in [0.717, 1.165) is 40.8 Å². The molecule has 2 aromatic carbocycles. The van der Waals surface area contributed by atoms with Crippen LogP contribution in [0.15, 0.2) is 60.7 Å². The number of hydrogen-bond acceptors (Lipinski definition) is 4. The zero-order valence-corrected chi connectivity index (χ0v) is 16.7. The van der Waals surface area contributed by atoms with E-state index in [0.29, 0.717) is 0 Å². The maximum absolute atomic E-state index is 10.6. The first-order valence-electron chi connectivity index (χ1n) is 9.25. The molecular formula is C22H24F3N3O2. The van der Waals surface area contributed by atoms with Crippen LogP contribution in [-0.2, 0) is 4.79 Å². The minimum Gasteiger partial charge on any atom is -0.475 e. The summed E-state index contributed by atoms with van der Waals surface area (Å²) in [5.41, 5.74) is 10.1. The molecule has 3 aromatic rings. The lowest BCUT2D eigenvalue weighted by Gasteiger charge is -2.19. The molecule has 0 saturated carbocycles. The van der Waals surface area contributed by atoms with Crippen molar-refractivity contribution in [2.24, 2.45) is 5.73 Å². The fourth-order valence-electron chi connectivity index (χ4n) is 2.60. The number of nitrogens with zero attached hydrogens (tertiary/aromatic N) is 1. The minimum atomic E-state index is -5.08. The normalized spacial score (nSPS) is 11.5. The van der Waals surface area contributed by atoms with E-state index in [1.165, 1.54) is 0 Å². The van der Waals surface area contributed by atoms with Crippen LogP contribution in [-0.4, -0.2) is 34.3 Å². The van der Waals surface area contributed by atoms with Crippen LogP contribution in [0, 0.1) is 0 Å². The number of rotatable bonds is 5. The van der Waals surface area contributed by atoms with E-state index in [4.69, 9.17) is 20.6 Å². The van der Waals surface area contributed by atoms with Crippen molar-refractivity contribution >= 4 is 22.6 Å². The van der Waals surface area contributed by atoms with Gasteiger partial charge in [0.2, 0.25) is 0 Å². The van der Waals surface area contributed by atoms with Crippen molar-refractivity contribution in [3.63, 3.8) is 0 Å². The predicted molar refractivity (Wildman–Crippen MR) is 112 cm³/mol. The highest BCUT2D eigenvalue weighted by Gasteiger charge is 2.38. The van der Waals surface area contributed by atoms with Gasteiger partial charge in [0.25, 0.3) is 0 Å². The number of aliphatic carboxylic acids is 1. The Labute approximate surface area is 172 Å². The molecule has 8 heteroatoms. The van der Waals surface area contributed by atoms with Gasteiger partial charge in [-0.05, 0) is 32.4 Å². The van der Waals surface area contributed by atoms with Gasteiger partial charge in [-0.2, -0.15) is 13.2 Å². The van der Waals surface area contributed by atoms with Crippen LogP contribution in [0.5, 0.6) is 0 Å². The zero-order chi connectivity index (χ0) is 22.4. The first-order valence-corrected chi connectivity index (χ1v) is 9.25. The van der Waals surface area contributed by atoms with Gasteiger partial charge >= 0.3 is 12.1 Å². The standard InChI is InChI=1S/C20H23N3.C2HF3O2/c1-20(2,21)12-13-22-19-14-18(15-8-4-3-5-9-15)23-17-11-7-6-10-16(17)19;3-2(4,5)1(6)7/h3-11,14H,12-13,21H2,1-2H3,(H,22,23);(H,6,7). The fourth-order valence-corrected chi connectivity index (χ4v) is 2.60. The summed E-state index contributed by atoms with van der Waals surface area (Å²) in [5.74, 6) is -2.76. The summed E-state index contributed by atoms with van der Waals surface area (Å²) in [4.78, 5) is 13.7. The third-order valence-electron chi connectivity index (χ3n) is 4.11.